The van der Waals surface area contributed by atoms with Gasteiger partial charge in [0, 0.05) is 49.6 Å². The lowest BCUT2D eigenvalue weighted by molar-refractivity contribution is -0.121. The van der Waals surface area contributed by atoms with Gasteiger partial charge in [0.15, 0.2) is 0 Å². The zero-order chi connectivity index (χ0) is 24.5. The Labute approximate surface area is 217 Å². The molecule has 10 heteroatoms. The zero-order valence-electron chi connectivity index (χ0n) is 18.8. The van der Waals surface area contributed by atoms with E-state index in [4.69, 9.17) is 28.8 Å². The van der Waals surface area contributed by atoms with Crippen LogP contribution in [0.4, 0.5) is 11.5 Å². The first-order valence-electron chi connectivity index (χ1n) is 11.1. The Balaban J connectivity index is 1.52. The third-order valence-electron chi connectivity index (χ3n) is 5.96. The Morgan fingerprint density at radius 1 is 1.09 bits per heavy atom. The highest BCUT2D eigenvalue weighted by atomic mass is 35.5. The summed E-state index contributed by atoms with van der Waals surface area (Å²) in [7, 11) is 0. The van der Waals surface area contributed by atoms with Crippen molar-refractivity contribution in [2.75, 3.05) is 42.5 Å². The molecule has 1 aromatic carbocycles. The Bertz CT molecular complexity index is 1430. The molecule has 2 aliphatic heterocycles. The molecule has 0 atom stereocenters. The van der Waals surface area contributed by atoms with E-state index in [0.717, 1.165) is 18.8 Å². The van der Waals surface area contributed by atoms with Crippen molar-refractivity contribution in [2.24, 2.45) is 0 Å². The van der Waals surface area contributed by atoms with Crippen LogP contribution >= 0.6 is 35.6 Å². The van der Waals surface area contributed by atoms with Crippen LogP contribution in [0, 0.1) is 0 Å². The Morgan fingerprint density at radius 2 is 1.86 bits per heavy atom. The van der Waals surface area contributed by atoms with Gasteiger partial charge in [-0.15, -0.1) is 6.58 Å². The maximum Gasteiger partial charge on any atom is 0.267 e. The van der Waals surface area contributed by atoms with Crippen LogP contribution in [0.3, 0.4) is 0 Å². The Kier molecular flexibility index (Phi) is 6.64. The van der Waals surface area contributed by atoms with Gasteiger partial charge in [0.1, 0.15) is 15.8 Å². The third kappa shape index (κ3) is 4.59. The first-order valence-corrected chi connectivity index (χ1v) is 12.7. The molecule has 1 amide bonds. The number of carbonyl (C=O) groups is 1. The van der Waals surface area contributed by atoms with Crippen molar-refractivity contribution >= 4 is 69.0 Å². The molecule has 2 aliphatic rings. The van der Waals surface area contributed by atoms with Crippen LogP contribution in [0.2, 0.25) is 5.02 Å². The molecule has 3 aromatic rings. The van der Waals surface area contributed by atoms with Gasteiger partial charge in [-0.1, -0.05) is 53.8 Å². The predicted molar refractivity (Wildman–Crippen MR) is 147 cm³/mol. The summed E-state index contributed by atoms with van der Waals surface area (Å²) in [6, 6.07) is 13.2. The summed E-state index contributed by atoms with van der Waals surface area (Å²) in [6.07, 6.45) is 4.95. The number of hydrogen-bond acceptors (Lipinski definition) is 7. The quantitative estimate of drug-likeness (QED) is 0.284. The number of amides is 1. The normalized spacial score (nSPS) is 17.6. The second kappa shape index (κ2) is 9.85. The molecule has 178 valence electrons. The van der Waals surface area contributed by atoms with E-state index in [1.807, 2.05) is 30.3 Å². The number of benzene rings is 1. The van der Waals surface area contributed by atoms with Crippen molar-refractivity contribution < 1.29 is 4.79 Å². The molecule has 7 nitrogen and oxygen atoms in total. The van der Waals surface area contributed by atoms with Gasteiger partial charge < -0.3 is 9.80 Å². The molecule has 0 bridgehead atoms. The molecule has 35 heavy (non-hydrogen) atoms. The summed E-state index contributed by atoms with van der Waals surface area (Å²) >= 11 is 12.7. The minimum Gasteiger partial charge on any atom is -0.368 e. The van der Waals surface area contributed by atoms with Crippen LogP contribution in [0.15, 0.2) is 71.0 Å². The van der Waals surface area contributed by atoms with Crippen LogP contribution in [0.25, 0.3) is 11.7 Å². The highest BCUT2D eigenvalue weighted by Crippen LogP contribution is 2.33. The number of pyridine rings is 1. The van der Waals surface area contributed by atoms with E-state index in [1.165, 1.54) is 21.1 Å². The lowest BCUT2D eigenvalue weighted by Gasteiger charge is -2.37. The highest BCUT2D eigenvalue weighted by molar-refractivity contribution is 8.26. The summed E-state index contributed by atoms with van der Waals surface area (Å²) in [4.78, 5) is 37.6. The summed E-state index contributed by atoms with van der Waals surface area (Å²) < 4.78 is 1.95. The number of aromatic nitrogens is 2. The van der Waals surface area contributed by atoms with Gasteiger partial charge in [-0.2, -0.15) is 0 Å². The number of thiocarbonyl (C=S) groups is 1. The minimum atomic E-state index is -0.228. The van der Waals surface area contributed by atoms with E-state index in [0.29, 0.717) is 50.9 Å². The topological polar surface area (TPSA) is 61.2 Å². The second-order valence-corrected chi connectivity index (χ2v) is 10.2. The van der Waals surface area contributed by atoms with Gasteiger partial charge in [0.05, 0.1) is 10.5 Å². The molecule has 0 N–H and O–H groups in total. The highest BCUT2D eigenvalue weighted by Gasteiger charge is 2.32. The Morgan fingerprint density at radius 3 is 2.60 bits per heavy atom. The molecule has 0 aliphatic carbocycles. The average molecular weight is 524 g/mol. The van der Waals surface area contributed by atoms with E-state index in [-0.39, 0.29) is 11.5 Å². The molecular weight excluding hydrogens is 502 g/mol. The van der Waals surface area contributed by atoms with Gasteiger partial charge in [0.2, 0.25) is 0 Å². The third-order valence-corrected chi connectivity index (χ3v) is 7.58. The lowest BCUT2D eigenvalue weighted by Crippen LogP contribution is -2.47. The molecule has 2 fully saturated rings. The van der Waals surface area contributed by atoms with Crippen LogP contribution in [-0.4, -0.2) is 57.2 Å². The second-order valence-electron chi connectivity index (χ2n) is 8.12. The summed E-state index contributed by atoms with van der Waals surface area (Å²) in [5.41, 5.74) is 1.77. The molecular formula is C25H22ClN5O2S2. The molecule has 4 heterocycles. The van der Waals surface area contributed by atoms with Crippen LogP contribution in [-0.2, 0) is 4.79 Å². The van der Waals surface area contributed by atoms with Crippen molar-refractivity contribution in [1.82, 2.24) is 14.3 Å². The van der Waals surface area contributed by atoms with Crippen molar-refractivity contribution in [1.29, 1.82) is 0 Å². The number of piperazine rings is 1. The van der Waals surface area contributed by atoms with Crippen molar-refractivity contribution in [3.05, 3.63) is 87.2 Å². The minimum absolute atomic E-state index is 0.225. The molecule has 2 saturated heterocycles. The standard InChI is InChI=1S/C25H22ClN5O2S2/c1-2-9-31-24(33)20(35-25(31)34)16-19-22(27-21-8-3-4-10-30(21)23(19)32)29-13-11-28(12-14-29)18-7-5-6-17(26)15-18/h2-8,10,15-16H,1,9,11-14H2/b20-16+. The maximum absolute atomic E-state index is 13.5. The molecule has 0 spiro atoms. The monoisotopic (exact) mass is 523 g/mol. The van der Waals surface area contributed by atoms with E-state index in [1.54, 1.807) is 30.5 Å². The fourth-order valence-electron chi connectivity index (χ4n) is 4.23. The average Bonchev–Trinajstić information content (AvgIpc) is 3.13. The van der Waals surface area contributed by atoms with Gasteiger partial charge in [0.25, 0.3) is 11.5 Å². The van der Waals surface area contributed by atoms with Crippen molar-refractivity contribution in [3.63, 3.8) is 0 Å². The summed E-state index contributed by atoms with van der Waals surface area (Å²) in [6.45, 7) is 6.85. The van der Waals surface area contributed by atoms with Crippen LogP contribution in [0.1, 0.15) is 5.56 Å². The van der Waals surface area contributed by atoms with Gasteiger partial charge in [-0.3, -0.25) is 18.9 Å². The van der Waals surface area contributed by atoms with Gasteiger partial charge in [-0.05, 0) is 36.4 Å². The number of rotatable bonds is 5. The molecule has 0 unspecified atom stereocenters. The summed E-state index contributed by atoms with van der Waals surface area (Å²) in [5.74, 6) is 0.343. The SMILES string of the molecule is C=CCN1C(=O)/C(=C\c2c(N3CCN(c4cccc(Cl)c4)CC3)nc3ccccn3c2=O)SC1=S. The molecule has 5 rings (SSSR count). The lowest BCUT2D eigenvalue weighted by atomic mass is 10.2. The largest absolute Gasteiger partial charge is 0.368 e. The van der Waals surface area contributed by atoms with E-state index in [2.05, 4.69) is 16.4 Å². The van der Waals surface area contributed by atoms with Crippen molar-refractivity contribution in [2.45, 2.75) is 0 Å². The predicted octanol–water partition coefficient (Wildman–Crippen LogP) is 4.06. The number of fused-ring (bicyclic) bond motifs is 1. The molecule has 0 saturated carbocycles. The van der Waals surface area contributed by atoms with E-state index >= 15 is 0 Å². The first-order chi connectivity index (χ1) is 17.0. The van der Waals surface area contributed by atoms with E-state index in [9.17, 15) is 9.59 Å². The van der Waals surface area contributed by atoms with Crippen molar-refractivity contribution in [3.8, 4) is 0 Å². The van der Waals surface area contributed by atoms with Crippen LogP contribution in [0.5, 0.6) is 0 Å². The first kappa shape index (κ1) is 23.6. The van der Waals surface area contributed by atoms with E-state index < -0.39 is 0 Å². The number of halogens is 1. The summed E-state index contributed by atoms with van der Waals surface area (Å²) in [5, 5.41) is 0.699. The number of carbonyl (C=O) groups excluding carboxylic acids is 1. The number of nitrogens with zero attached hydrogens (tertiary/aromatic N) is 5. The van der Waals surface area contributed by atoms with Gasteiger partial charge in [-0.25, -0.2) is 4.98 Å². The van der Waals surface area contributed by atoms with Gasteiger partial charge >= 0.3 is 0 Å². The Hall–Kier alpha value is -3.14. The smallest absolute Gasteiger partial charge is 0.267 e. The fourth-order valence-corrected chi connectivity index (χ4v) is 5.67. The zero-order valence-corrected chi connectivity index (χ0v) is 21.2. The molecule has 2 aromatic heterocycles. The fraction of sp³-hybridized carbons (Fsp3) is 0.200. The number of hydrogen-bond donors (Lipinski definition) is 0. The van der Waals surface area contributed by atoms with Crippen LogP contribution < -0.4 is 15.4 Å². The number of thioether (sulfide) groups is 1. The maximum atomic E-state index is 13.5. The molecule has 0 radical (unpaired) electrons. The number of anilines is 2.